The van der Waals surface area contributed by atoms with Crippen molar-refractivity contribution in [1.82, 2.24) is 19.4 Å². The molecule has 1 saturated heterocycles. The van der Waals surface area contributed by atoms with Crippen molar-refractivity contribution >= 4 is 32.9 Å². The molecule has 5 nitrogen and oxygen atoms in total. The van der Waals surface area contributed by atoms with Gasteiger partial charge in [0.25, 0.3) is 0 Å². The smallest absolute Gasteiger partial charge is 0.226 e. The van der Waals surface area contributed by atoms with Crippen LogP contribution in [0.1, 0.15) is 52.3 Å². The van der Waals surface area contributed by atoms with Gasteiger partial charge in [-0.25, -0.2) is 4.98 Å². The molecule has 1 aliphatic rings. The van der Waals surface area contributed by atoms with Gasteiger partial charge in [0.15, 0.2) is 0 Å². The summed E-state index contributed by atoms with van der Waals surface area (Å²) in [6.45, 7) is 9.98. The lowest BCUT2D eigenvalue weighted by Gasteiger charge is -2.35. The van der Waals surface area contributed by atoms with Gasteiger partial charge in [-0.3, -0.25) is 14.3 Å². The van der Waals surface area contributed by atoms with E-state index in [1.807, 2.05) is 6.07 Å². The first kappa shape index (κ1) is 24.0. The predicted molar refractivity (Wildman–Crippen MR) is 139 cm³/mol. The highest BCUT2D eigenvalue weighted by Gasteiger charge is 2.30. The number of rotatable bonds is 8. The maximum Gasteiger partial charge on any atom is 0.226 e. The Morgan fingerprint density at radius 2 is 1.82 bits per heavy atom. The average Bonchev–Trinajstić information content (AvgIpc) is 3.18. The third-order valence-electron chi connectivity index (χ3n) is 6.68. The molecule has 0 saturated carbocycles. The molecule has 2 aromatic carbocycles. The summed E-state index contributed by atoms with van der Waals surface area (Å²) >= 11 is 3.54. The van der Waals surface area contributed by atoms with Crippen molar-refractivity contribution in [3.05, 3.63) is 58.8 Å². The number of carbonyl (C=O) groups is 1. The van der Waals surface area contributed by atoms with Crippen molar-refractivity contribution in [2.45, 2.75) is 59.0 Å². The van der Waals surface area contributed by atoms with Crippen LogP contribution in [0.4, 0.5) is 0 Å². The van der Waals surface area contributed by atoms with Gasteiger partial charge in [0, 0.05) is 28.7 Å². The zero-order chi connectivity index (χ0) is 23.4. The van der Waals surface area contributed by atoms with Gasteiger partial charge in [0.1, 0.15) is 5.82 Å². The van der Waals surface area contributed by atoms with Crippen molar-refractivity contribution in [2.75, 3.05) is 19.6 Å². The zero-order valence-corrected chi connectivity index (χ0v) is 21.6. The normalized spacial score (nSPS) is 15.4. The lowest BCUT2D eigenvalue weighted by molar-refractivity contribution is -0.139. The van der Waals surface area contributed by atoms with Crippen LogP contribution in [0.5, 0.6) is 0 Å². The molecule has 4 rings (SSSR count). The minimum atomic E-state index is 0.144. The van der Waals surface area contributed by atoms with Crippen molar-refractivity contribution < 1.29 is 4.79 Å². The summed E-state index contributed by atoms with van der Waals surface area (Å²) in [5.41, 5.74) is 3.27. The van der Waals surface area contributed by atoms with Crippen molar-refractivity contribution in [3.8, 4) is 5.69 Å². The van der Waals surface area contributed by atoms with Gasteiger partial charge in [-0.1, -0.05) is 41.4 Å². The van der Waals surface area contributed by atoms with Gasteiger partial charge >= 0.3 is 0 Å². The average molecular weight is 512 g/mol. The number of nitrogens with zero attached hydrogens (tertiary/aromatic N) is 4. The highest BCUT2D eigenvalue weighted by atomic mass is 79.9. The second kappa shape index (κ2) is 10.8. The number of likely N-dealkylation sites (tertiary alicyclic amines) is 1. The second-order valence-corrected chi connectivity index (χ2v) is 10.3. The van der Waals surface area contributed by atoms with Crippen LogP contribution in [0.25, 0.3) is 16.7 Å². The number of piperidine rings is 1. The third kappa shape index (κ3) is 5.49. The zero-order valence-electron chi connectivity index (χ0n) is 20.0. The molecule has 3 aromatic rings. The van der Waals surface area contributed by atoms with E-state index in [-0.39, 0.29) is 12.0 Å². The number of para-hydroxylation sites is 2. The highest BCUT2D eigenvalue weighted by Crippen LogP contribution is 2.26. The number of benzene rings is 2. The topological polar surface area (TPSA) is 41.4 Å². The van der Waals surface area contributed by atoms with Crippen molar-refractivity contribution in [2.24, 2.45) is 5.92 Å². The maximum atomic E-state index is 13.2. The van der Waals surface area contributed by atoms with Crippen LogP contribution in [0, 0.1) is 5.92 Å². The second-order valence-electron chi connectivity index (χ2n) is 9.36. The van der Waals surface area contributed by atoms with Gasteiger partial charge in [-0.05, 0) is 82.6 Å². The van der Waals surface area contributed by atoms with Crippen LogP contribution in [0.2, 0.25) is 0 Å². The Labute approximate surface area is 205 Å². The molecule has 0 spiro atoms. The molecule has 0 bridgehead atoms. The van der Waals surface area contributed by atoms with E-state index in [1.54, 1.807) is 0 Å². The Balaban J connectivity index is 1.48. The Morgan fingerprint density at radius 1 is 1.12 bits per heavy atom. The first-order valence-electron chi connectivity index (χ1n) is 12.2. The monoisotopic (exact) mass is 510 g/mol. The van der Waals surface area contributed by atoms with Crippen molar-refractivity contribution in [1.29, 1.82) is 0 Å². The fraction of sp³-hybridized carbons (Fsp3) is 0.481. The van der Waals surface area contributed by atoms with E-state index in [2.05, 4.69) is 93.5 Å². The molecule has 0 atom stereocenters. The first-order valence-corrected chi connectivity index (χ1v) is 13.0. The minimum absolute atomic E-state index is 0.144. The number of hydrogen-bond donors (Lipinski definition) is 0. The number of hydrogen-bond acceptors (Lipinski definition) is 3. The van der Waals surface area contributed by atoms with Gasteiger partial charge in [0.05, 0.1) is 17.6 Å². The number of unbranched alkanes of at least 4 members (excludes halogenated alkanes) is 1. The van der Waals surface area contributed by atoms with Crippen molar-refractivity contribution in [3.63, 3.8) is 0 Å². The molecule has 0 N–H and O–H groups in total. The number of carbonyl (C=O) groups excluding carboxylic acids is 1. The van der Waals surface area contributed by atoms with E-state index < -0.39 is 0 Å². The SMILES string of the molecule is CCCCN(C(=O)C1CCN(Cc2nc3ccccc3n2-c2ccc(Br)cc2)CC1)C(C)C. The molecular weight excluding hydrogens is 476 g/mol. The molecule has 1 aliphatic heterocycles. The Kier molecular flexibility index (Phi) is 7.86. The maximum absolute atomic E-state index is 13.2. The molecule has 33 heavy (non-hydrogen) atoms. The van der Waals surface area contributed by atoms with E-state index in [9.17, 15) is 4.79 Å². The molecular formula is C27H35BrN4O. The first-order chi connectivity index (χ1) is 16.0. The Hall–Kier alpha value is -2.18. The van der Waals surface area contributed by atoms with E-state index in [0.717, 1.165) is 78.9 Å². The van der Waals surface area contributed by atoms with Crippen LogP contribution in [0.15, 0.2) is 53.0 Å². The minimum Gasteiger partial charge on any atom is -0.340 e. The van der Waals surface area contributed by atoms with Crippen LogP contribution >= 0.6 is 15.9 Å². The summed E-state index contributed by atoms with van der Waals surface area (Å²) in [7, 11) is 0. The predicted octanol–water partition coefficient (Wildman–Crippen LogP) is 6.04. The quantitative estimate of drug-likeness (QED) is 0.371. The van der Waals surface area contributed by atoms with Crippen LogP contribution < -0.4 is 0 Å². The number of imidazole rings is 1. The molecule has 0 unspecified atom stereocenters. The van der Waals surface area contributed by atoms with Crippen LogP contribution in [-0.2, 0) is 11.3 Å². The van der Waals surface area contributed by atoms with Gasteiger partial charge in [0.2, 0.25) is 5.91 Å². The summed E-state index contributed by atoms with van der Waals surface area (Å²) in [4.78, 5) is 22.7. The van der Waals surface area contributed by atoms with Gasteiger partial charge < -0.3 is 4.90 Å². The Bertz CT molecular complexity index is 1070. The van der Waals surface area contributed by atoms with E-state index in [4.69, 9.17) is 4.98 Å². The van der Waals surface area contributed by atoms with Gasteiger partial charge in [-0.2, -0.15) is 0 Å². The van der Waals surface area contributed by atoms with Crippen LogP contribution in [0.3, 0.4) is 0 Å². The summed E-state index contributed by atoms with van der Waals surface area (Å²) in [5, 5.41) is 0. The standard InChI is InChI=1S/C27H35BrN4O/c1-4-5-16-31(20(2)3)27(33)21-14-17-30(18-15-21)19-26-29-24-8-6-7-9-25(24)32(26)23-12-10-22(28)11-13-23/h6-13,20-21H,4-5,14-19H2,1-3H3. The molecule has 1 amide bonds. The number of fused-ring (bicyclic) bond motifs is 1. The van der Waals surface area contributed by atoms with E-state index in [1.165, 1.54) is 0 Å². The Morgan fingerprint density at radius 3 is 2.48 bits per heavy atom. The summed E-state index contributed by atoms with van der Waals surface area (Å²) in [6.07, 6.45) is 4.04. The molecule has 0 aliphatic carbocycles. The summed E-state index contributed by atoms with van der Waals surface area (Å²) in [5.74, 6) is 1.54. The molecule has 2 heterocycles. The fourth-order valence-corrected chi connectivity index (χ4v) is 5.05. The van der Waals surface area contributed by atoms with Crippen LogP contribution in [-0.4, -0.2) is 50.9 Å². The van der Waals surface area contributed by atoms with Gasteiger partial charge in [-0.15, -0.1) is 0 Å². The third-order valence-corrected chi connectivity index (χ3v) is 7.20. The number of halogens is 1. The number of amides is 1. The lowest BCUT2D eigenvalue weighted by atomic mass is 9.94. The number of aromatic nitrogens is 2. The molecule has 1 aromatic heterocycles. The summed E-state index contributed by atoms with van der Waals surface area (Å²) < 4.78 is 3.34. The highest BCUT2D eigenvalue weighted by molar-refractivity contribution is 9.10. The largest absolute Gasteiger partial charge is 0.340 e. The van der Waals surface area contributed by atoms with E-state index in [0.29, 0.717) is 5.91 Å². The molecule has 1 fully saturated rings. The fourth-order valence-electron chi connectivity index (χ4n) is 4.78. The lowest BCUT2D eigenvalue weighted by Crippen LogP contribution is -2.45. The molecule has 0 radical (unpaired) electrons. The molecule has 176 valence electrons. The van der Waals surface area contributed by atoms with E-state index >= 15 is 0 Å². The summed E-state index contributed by atoms with van der Waals surface area (Å²) in [6, 6.07) is 17.0. The molecule has 6 heteroatoms.